The van der Waals surface area contributed by atoms with Crippen LogP contribution in [-0.4, -0.2) is 43.2 Å². The molecule has 0 radical (unpaired) electrons. The van der Waals surface area contributed by atoms with Crippen molar-refractivity contribution in [2.24, 2.45) is 0 Å². The summed E-state index contributed by atoms with van der Waals surface area (Å²) < 4.78 is 4.53. The number of fused-ring (bicyclic) bond motifs is 11. The number of aryl methyl sites for hydroxylation is 6. The van der Waals surface area contributed by atoms with Crippen molar-refractivity contribution in [3.8, 4) is 0 Å². The van der Waals surface area contributed by atoms with Crippen molar-refractivity contribution in [3.63, 3.8) is 0 Å². The smallest absolute Gasteiger partial charge is 0.295 e. The lowest BCUT2D eigenvalue weighted by molar-refractivity contribution is 0.544. The van der Waals surface area contributed by atoms with Crippen LogP contribution in [0.2, 0.25) is 0 Å². The SMILES string of the molecule is Cc1cc2c3c(c1C)N1c4c(C)c(C)cc5c4B(N1B3n1nc(C(C)(C)C)nc1N2c1c(C)cccc1C)n1nc2ccccc2c1N5c1c(C)cccc1C. The van der Waals surface area contributed by atoms with Crippen molar-refractivity contribution >= 4 is 81.7 Å². The minimum atomic E-state index is -0.282. The highest BCUT2D eigenvalue weighted by molar-refractivity contribution is 6.91. The van der Waals surface area contributed by atoms with Crippen LogP contribution in [0.3, 0.4) is 0 Å². The lowest BCUT2D eigenvalue weighted by Crippen LogP contribution is -2.64. The van der Waals surface area contributed by atoms with Gasteiger partial charge < -0.3 is 0 Å². The molecule has 56 heavy (non-hydrogen) atoms. The van der Waals surface area contributed by atoms with Gasteiger partial charge in [0, 0.05) is 33.1 Å². The zero-order valence-electron chi connectivity index (χ0n) is 34.1. The summed E-state index contributed by atoms with van der Waals surface area (Å²) in [5.41, 5.74) is 20.3. The van der Waals surface area contributed by atoms with Gasteiger partial charge in [-0.05, 0) is 124 Å². The van der Waals surface area contributed by atoms with Crippen molar-refractivity contribution in [3.05, 3.63) is 123 Å². The Morgan fingerprint density at radius 2 is 1.05 bits per heavy atom. The molecule has 9 nitrogen and oxygen atoms in total. The van der Waals surface area contributed by atoms with Crippen molar-refractivity contribution in [2.75, 3.05) is 14.8 Å². The van der Waals surface area contributed by atoms with E-state index in [1.165, 1.54) is 78.2 Å². The number of nitrogens with zero attached hydrogens (tertiary/aromatic N) is 9. The number of anilines is 8. The van der Waals surface area contributed by atoms with Crippen LogP contribution < -0.4 is 25.7 Å². The maximum atomic E-state index is 5.53. The fourth-order valence-electron chi connectivity index (χ4n) is 10.0. The molecule has 2 aromatic heterocycles. The monoisotopic (exact) mass is 733 g/mol. The van der Waals surface area contributed by atoms with Crippen LogP contribution in [0.5, 0.6) is 0 Å². The van der Waals surface area contributed by atoms with Gasteiger partial charge in [0.15, 0.2) is 5.82 Å². The molecule has 0 spiro atoms. The second-order valence-electron chi connectivity index (χ2n) is 17.5. The van der Waals surface area contributed by atoms with Gasteiger partial charge in [0.2, 0.25) is 5.95 Å². The van der Waals surface area contributed by atoms with E-state index < -0.39 is 0 Å². The van der Waals surface area contributed by atoms with Crippen LogP contribution in [0.25, 0.3) is 10.9 Å². The molecule has 0 aliphatic carbocycles. The highest BCUT2D eigenvalue weighted by atomic mass is 15.7. The minimum Gasteiger partial charge on any atom is -0.295 e. The van der Waals surface area contributed by atoms with Crippen LogP contribution in [0.15, 0.2) is 72.8 Å². The van der Waals surface area contributed by atoms with Gasteiger partial charge in [-0.15, -0.1) is 0 Å². The molecule has 0 saturated carbocycles. The van der Waals surface area contributed by atoms with E-state index in [0.29, 0.717) is 0 Å². The molecule has 5 aromatic carbocycles. The van der Waals surface area contributed by atoms with Crippen LogP contribution in [0.4, 0.5) is 45.9 Å². The third-order valence-corrected chi connectivity index (χ3v) is 12.9. The number of hydrogen-bond donors (Lipinski definition) is 0. The molecule has 6 heterocycles. The molecule has 0 amide bonds. The first kappa shape index (κ1) is 33.5. The molecule has 11 heteroatoms. The topological polar surface area (TPSA) is 61.5 Å². The Morgan fingerprint density at radius 1 is 0.536 bits per heavy atom. The molecule has 7 aromatic rings. The number of benzene rings is 5. The van der Waals surface area contributed by atoms with Gasteiger partial charge in [-0.1, -0.05) is 69.3 Å². The Hall–Kier alpha value is -5.80. The summed E-state index contributed by atoms with van der Waals surface area (Å²) in [7, 11) is 0. The number of rotatable bonds is 2. The lowest BCUT2D eigenvalue weighted by Gasteiger charge is -2.39. The highest BCUT2D eigenvalue weighted by Crippen LogP contribution is 2.54. The molecular weight excluding hydrogens is 688 g/mol. The van der Waals surface area contributed by atoms with Crippen LogP contribution >= 0.6 is 0 Å². The van der Waals surface area contributed by atoms with E-state index in [9.17, 15) is 0 Å². The van der Waals surface area contributed by atoms with Crippen molar-refractivity contribution in [2.45, 2.75) is 81.6 Å². The molecule has 0 N–H and O–H groups in total. The third-order valence-electron chi connectivity index (χ3n) is 12.9. The Kier molecular flexibility index (Phi) is 6.55. The van der Waals surface area contributed by atoms with E-state index in [1.54, 1.807) is 0 Å². The zero-order valence-corrected chi connectivity index (χ0v) is 34.1. The molecule has 0 saturated heterocycles. The fourth-order valence-corrected chi connectivity index (χ4v) is 10.0. The van der Waals surface area contributed by atoms with E-state index in [4.69, 9.17) is 15.2 Å². The van der Waals surface area contributed by atoms with Crippen molar-refractivity contribution < 1.29 is 0 Å². The molecule has 0 fully saturated rings. The number of hydrazine groups is 1. The Labute approximate surface area is 329 Å². The fraction of sp³-hybridized carbons (Fsp3) is 0.267. The predicted molar refractivity (Wildman–Crippen MR) is 231 cm³/mol. The van der Waals surface area contributed by atoms with E-state index in [-0.39, 0.29) is 19.4 Å². The summed E-state index contributed by atoms with van der Waals surface area (Å²) in [6.45, 7) is 24.1. The molecule has 276 valence electrons. The molecule has 4 aliphatic rings. The third kappa shape index (κ3) is 4.03. The molecule has 0 atom stereocenters. The van der Waals surface area contributed by atoms with E-state index in [2.05, 4.69) is 178 Å². The van der Waals surface area contributed by atoms with E-state index in [0.717, 1.165) is 39.9 Å². The van der Waals surface area contributed by atoms with Crippen molar-refractivity contribution in [1.82, 2.24) is 29.2 Å². The van der Waals surface area contributed by atoms with Gasteiger partial charge in [0.25, 0.3) is 0 Å². The normalized spacial score (nSPS) is 15.2. The zero-order chi connectivity index (χ0) is 38.8. The summed E-state index contributed by atoms with van der Waals surface area (Å²) in [5, 5.41) is 14.7. The number of aromatic nitrogens is 5. The van der Waals surface area contributed by atoms with Gasteiger partial charge in [0.05, 0.1) is 28.3 Å². The number of para-hydroxylation sites is 2. The molecule has 4 aliphatic heterocycles. The highest BCUT2D eigenvalue weighted by Gasteiger charge is 2.63. The second kappa shape index (κ2) is 10.9. The van der Waals surface area contributed by atoms with Crippen LogP contribution in [0.1, 0.15) is 71.1 Å². The Bertz CT molecular complexity index is 2860. The van der Waals surface area contributed by atoms with Gasteiger partial charge >= 0.3 is 14.0 Å². The quantitative estimate of drug-likeness (QED) is 0.165. The Balaban J connectivity index is 1.29. The van der Waals surface area contributed by atoms with Crippen LogP contribution in [-0.2, 0) is 5.41 Å². The van der Waals surface area contributed by atoms with Gasteiger partial charge in [0.1, 0.15) is 5.82 Å². The second-order valence-corrected chi connectivity index (χ2v) is 17.5. The summed E-state index contributed by atoms with van der Waals surface area (Å²) in [6.07, 6.45) is 0. The van der Waals surface area contributed by atoms with Gasteiger partial charge in [-0.3, -0.25) is 24.0 Å². The first-order chi connectivity index (χ1) is 26.8. The largest absolute Gasteiger partial charge is 0.419 e. The van der Waals surface area contributed by atoms with Crippen molar-refractivity contribution in [1.29, 1.82) is 0 Å². The average Bonchev–Trinajstić information content (AvgIpc) is 3.91. The summed E-state index contributed by atoms with van der Waals surface area (Å²) in [6, 6.07) is 26.6. The first-order valence-corrected chi connectivity index (χ1v) is 19.8. The molecule has 0 unspecified atom stereocenters. The van der Waals surface area contributed by atoms with Crippen LogP contribution in [0, 0.1) is 55.4 Å². The summed E-state index contributed by atoms with van der Waals surface area (Å²) in [4.78, 5) is 12.9. The molecule has 11 rings (SSSR count). The average molecular weight is 734 g/mol. The first-order valence-electron chi connectivity index (χ1n) is 19.8. The molecule has 0 bridgehead atoms. The minimum absolute atomic E-state index is 0.255. The number of hydrogen-bond acceptors (Lipinski definition) is 7. The summed E-state index contributed by atoms with van der Waals surface area (Å²) >= 11 is 0. The summed E-state index contributed by atoms with van der Waals surface area (Å²) in [5.74, 6) is 2.74. The predicted octanol–water partition coefficient (Wildman–Crippen LogP) is 8.83. The van der Waals surface area contributed by atoms with Gasteiger partial charge in [-0.2, -0.15) is 15.2 Å². The van der Waals surface area contributed by atoms with E-state index in [1.807, 2.05) is 0 Å². The maximum absolute atomic E-state index is 5.53. The van der Waals surface area contributed by atoms with E-state index >= 15 is 0 Å². The molecular formula is C45H45B2N9. The Morgan fingerprint density at radius 3 is 1.62 bits per heavy atom. The maximum Gasteiger partial charge on any atom is 0.419 e. The van der Waals surface area contributed by atoms with Gasteiger partial charge in [-0.25, -0.2) is 4.83 Å². The standard InChI is InChI=1S/C45H45B2N9/c1-24-16-14-17-25(2)38(24)51-34-22-28(5)30(7)40-36(34)46(54-42(51)32-20-12-13-21-33(32)49-54)56-47-37-35(23-29(6)31(8)41(37)53(40)56)52(39-26(3)18-15-19-27(39)4)44-48-43(45(9,10)11)50-55(44)47/h12-23H,1-11H3. The lowest BCUT2D eigenvalue weighted by atomic mass is 9.54.